The lowest BCUT2D eigenvalue weighted by molar-refractivity contribution is -0.136. The molecule has 0 aromatic heterocycles. The summed E-state index contributed by atoms with van der Waals surface area (Å²) in [6.45, 7) is 2.03. The third-order valence-corrected chi connectivity index (χ3v) is 4.39. The van der Waals surface area contributed by atoms with Crippen molar-refractivity contribution in [3.63, 3.8) is 0 Å². The minimum atomic E-state index is 0.340. The molecule has 0 N–H and O–H groups in total. The molecular formula is C11H19NOS. The van der Waals surface area contributed by atoms with Gasteiger partial charge in [0, 0.05) is 24.8 Å². The summed E-state index contributed by atoms with van der Waals surface area (Å²) in [5, 5.41) is 0. The fraction of sp³-hybridized carbons (Fsp3) is 0.909. The summed E-state index contributed by atoms with van der Waals surface area (Å²) in [5.74, 6) is 3.10. The number of carbonyl (C=O) groups excluding carboxylic acids is 1. The van der Waals surface area contributed by atoms with E-state index in [1.54, 1.807) is 0 Å². The van der Waals surface area contributed by atoms with Gasteiger partial charge in [0.15, 0.2) is 0 Å². The smallest absolute Gasteiger partial charge is 0.226 e. The lowest BCUT2D eigenvalue weighted by Gasteiger charge is -2.31. The maximum atomic E-state index is 12.1. The van der Waals surface area contributed by atoms with Gasteiger partial charge >= 0.3 is 0 Å². The van der Waals surface area contributed by atoms with E-state index in [9.17, 15) is 4.79 Å². The molecule has 14 heavy (non-hydrogen) atoms. The lowest BCUT2D eigenvalue weighted by atomic mass is 10.0. The first-order valence-electron chi connectivity index (χ1n) is 5.74. The number of rotatable bonds is 1. The van der Waals surface area contributed by atoms with Crippen LogP contribution in [-0.4, -0.2) is 35.4 Å². The topological polar surface area (TPSA) is 20.3 Å². The highest BCUT2D eigenvalue weighted by Crippen LogP contribution is 2.25. The van der Waals surface area contributed by atoms with Crippen molar-refractivity contribution in [2.45, 2.75) is 32.1 Å². The Morgan fingerprint density at radius 3 is 2.57 bits per heavy atom. The number of thioether (sulfide) groups is 1. The number of amides is 1. The highest BCUT2D eigenvalue weighted by atomic mass is 32.2. The molecule has 0 aromatic rings. The summed E-state index contributed by atoms with van der Waals surface area (Å²) in [5.41, 5.74) is 0. The molecule has 2 aliphatic heterocycles. The van der Waals surface area contributed by atoms with Crippen LogP contribution in [0.2, 0.25) is 0 Å². The highest BCUT2D eigenvalue weighted by molar-refractivity contribution is 7.99. The van der Waals surface area contributed by atoms with Gasteiger partial charge in [-0.05, 0) is 37.9 Å². The molecule has 2 rings (SSSR count). The first kappa shape index (κ1) is 10.3. The minimum Gasteiger partial charge on any atom is -0.342 e. The van der Waals surface area contributed by atoms with E-state index in [0.29, 0.717) is 11.8 Å². The van der Waals surface area contributed by atoms with Crippen LogP contribution < -0.4 is 0 Å². The van der Waals surface area contributed by atoms with Crippen molar-refractivity contribution in [1.82, 2.24) is 4.90 Å². The van der Waals surface area contributed by atoms with E-state index < -0.39 is 0 Å². The van der Waals surface area contributed by atoms with Crippen molar-refractivity contribution in [3.8, 4) is 0 Å². The second kappa shape index (κ2) is 5.06. The largest absolute Gasteiger partial charge is 0.342 e. The number of nitrogens with zero attached hydrogens (tertiary/aromatic N) is 1. The molecule has 0 saturated carbocycles. The molecule has 1 amide bonds. The van der Waals surface area contributed by atoms with Gasteiger partial charge in [-0.15, -0.1) is 0 Å². The molecule has 0 spiro atoms. The second-order valence-corrected chi connectivity index (χ2v) is 5.45. The van der Waals surface area contributed by atoms with Crippen LogP contribution in [0.15, 0.2) is 0 Å². The summed E-state index contributed by atoms with van der Waals surface area (Å²) in [6, 6.07) is 0. The van der Waals surface area contributed by atoms with E-state index in [1.165, 1.54) is 31.4 Å². The van der Waals surface area contributed by atoms with Gasteiger partial charge in [-0.1, -0.05) is 0 Å². The van der Waals surface area contributed by atoms with Crippen LogP contribution in [0.3, 0.4) is 0 Å². The Hall–Kier alpha value is -0.180. The van der Waals surface area contributed by atoms with Gasteiger partial charge in [0.25, 0.3) is 0 Å². The Kier molecular flexibility index (Phi) is 3.74. The zero-order valence-electron chi connectivity index (χ0n) is 8.71. The molecule has 2 heterocycles. The Bertz CT molecular complexity index is 175. The summed E-state index contributed by atoms with van der Waals surface area (Å²) in [7, 11) is 0. The van der Waals surface area contributed by atoms with Gasteiger partial charge < -0.3 is 4.90 Å². The maximum absolute atomic E-state index is 12.1. The lowest BCUT2D eigenvalue weighted by Crippen LogP contribution is -2.41. The summed E-state index contributed by atoms with van der Waals surface area (Å²) in [6.07, 6.45) is 6.09. The Morgan fingerprint density at radius 1 is 1.14 bits per heavy atom. The minimum absolute atomic E-state index is 0.340. The monoisotopic (exact) mass is 213 g/mol. The average molecular weight is 213 g/mol. The third-order valence-electron chi connectivity index (χ3n) is 3.18. The first-order valence-corrected chi connectivity index (χ1v) is 6.90. The SMILES string of the molecule is O=C(C1CCCSC1)N1CCCCC1. The van der Waals surface area contributed by atoms with Gasteiger partial charge in [0.05, 0.1) is 0 Å². The molecule has 2 fully saturated rings. The number of hydrogen-bond donors (Lipinski definition) is 0. The van der Waals surface area contributed by atoms with Crippen LogP contribution >= 0.6 is 11.8 Å². The average Bonchev–Trinajstić information content (AvgIpc) is 2.30. The van der Waals surface area contributed by atoms with E-state index in [0.717, 1.165) is 25.3 Å². The molecule has 2 aliphatic rings. The standard InChI is InChI=1S/C11H19NOS/c13-11(10-5-4-8-14-9-10)12-6-2-1-3-7-12/h10H,1-9H2. The van der Waals surface area contributed by atoms with E-state index in [1.807, 2.05) is 11.8 Å². The first-order chi connectivity index (χ1) is 6.88. The van der Waals surface area contributed by atoms with Crippen molar-refractivity contribution in [1.29, 1.82) is 0 Å². The Morgan fingerprint density at radius 2 is 1.93 bits per heavy atom. The molecule has 3 heteroatoms. The van der Waals surface area contributed by atoms with Crippen molar-refractivity contribution in [2.75, 3.05) is 24.6 Å². The van der Waals surface area contributed by atoms with Crippen LogP contribution in [0.4, 0.5) is 0 Å². The predicted molar refractivity (Wildman–Crippen MR) is 60.5 cm³/mol. The Balaban J connectivity index is 1.85. The van der Waals surface area contributed by atoms with Crippen LogP contribution in [0.5, 0.6) is 0 Å². The molecule has 0 bridgehead atoms. The molecule has 0 aromatic carbocycles. The summed E-state index contributed by atoms with van der Waals surface area (Å²) >= 11 is 1.95. The summed E-state index contributed by atoms with van der Waals surface area (Å²) < 4.78 is 0. The zero-order chi connectivity index (χ0) is 9.80. The van der Waals surface area contributed by atoms with Gasteiger partial charge in [0.2, 0.25) is 5.91 Å². The molecule has 2 saturated heterocycles. The molecule has 1 atom stereocenters. The fourth-order valence-corrected chi connectivity index (χ4v) is 3.44. The van der Waals surface area contributed by atoms with E-state index in [2.05, 4.69) is 4.90 Å². The predicted octanol–water partition coefficient (Wildman–Crippen LogP) is 2.14. The quantitative estimate of drug-likeness (QED) is 0.665. The molecular weight excluding hydrogens is 194 g/mol. The third kappa shape index (κ3) is 2.44. The van der Waals surface area contributed by atoms with Gasteiger partial charge in [0.1, 0.15) is 0 Å². The molecule has 2 nitrogen and oxygen atoms in total. The van der Waals surface area contributed by atoms with Crippen molar-refractivity contribution in [2.24, 2.45) is 5.92 Å². The van der Waals surface area contributed by atoms with E-state index in [4.69, 9.17) is 0 Å². The van der Waals surface area contributed by atoms with E-state index >= 15 is 0 Å². The van der Waals surface area contributed by atoms with Gasteiger partial charge in [-0.3, -0.25) is 4.79 Å². The summed E-state index contributed by atoms with van der Waals surface area (Å²) in [4.78, 5) is 14.2. The van der Waals surface area contributed by atoms with Crippen LogP contribution in [0, 0.1) is 5.92 Å². The fourth-order valence-electron chi connectivity index (χ4n) is 2.31. The maximum Gasteiger partial charge on any atom is 0.226 e. The van der Waals surface area contributed by atoms with Crippen LogP contribution in [0.1, 0.15) is 32.1 Å². The molecule has 80 valence electrons. The normalized spacial score (nSPS) is 28.9. The number of hydrogen-bond acceptors (Lipinski definition) is 2. The molecule has 1 unspecified atom stereocenters. The van der Waals surface area contributed by atoms with E-state index in [-0.39, 0.29) is 0 Å². The van der Waals surface area contributed by atoms with Crippen molar-refractivity contribution >= 4 is 17.7 Å². The Labute approximate surface area is 90.4 Å². The number of piperidine rings is 1. The van der Waals surface area contributed by atoms with Crippen LogP contribution in [-0.2, 0) is 4.79 Å². The highest BCUT2D eigenvalue weighted by Gasteiger charge is 2.26. The van der Waals surface area contributed by atoms with Crippen molar-refractivity contribution < 1.29 is 4.79 Å². The second-order valence-electron chi connectivity index (χ2n) is 4.30. The molecule has 0 radical (unpaired) electrons. The number of likely N-dealkylation sites (tertiary alicyclic amines) is 1. The molecule has 0 aliphatic carbocycles. The van der Waals surface area contributed by atoms with Gasteiger partial charge in [-0.25, -0.2) is 0 Å². The number of carbonyl (C=O) groups is 1. The zero-order valence-corrected chi connectivity index (χ0v) is 9.52. The van der Waals surface area contributed by atoms with Crippen molar-refractivity contribution in [3.05, 3.63) is 0 Å². The van der Waals surface area contributed by atoms with Crippen LogP contribution in [0.25, 0.3) is 0 Å². The van der Waals surface area contributed by atoms with Gasteiger partial charge in [-0.2, -0.15) is 11.8 Å².